The molecule has 0 radical (unpaired) electrons. The quantitative estimate of drug-likeness (QED) is 0.269. The minimum Gasteiger partial charge on any atom is -0.456 e. The largest absolute Gasteiger partial charge is 0.456 e. The Morgan fingerprint density at radius 3 is 2.74 bits per heavy atom. The van der Waals surface area contributed by atoms with E-state index < -0.39 is 16.0 Å². The zero-order chi connectivity index (χ0) is 23.5. The molecule has 0 atom stereocenters. The zero-order valence-electron chi connectivity index (χ0n) is 18.0. The molecule has 4 aromatic rings. The van der Waals surface area contributed by atoms with Gasteiger partial charge in [0.2, 0.25) is 5.89 Å². The van der Waals surface area contributed by atoms with Crippen LogP contribution in [0.25, 0.3) is 16.8 Å². The highest BCUT2D eigenvalue weighted by molar-refractivity contribution is 7.92. The number of hydrogen-bond donors (Lipinski definition) is 0. The monoisotopic (exact) mass is 492 g/mol. The highest BCUT2D eigenvalue weighted by Crippen LogP contribution is 2.32. The maximum Gasteiger partial charge on any atom is 0.331 e. The number of nitrogens with zero attached hydrogens (tertiary/aromatic N) is 2. The van der Waals surface area contributed by atoms with Crippen molar-refractivity contribution in [1.82, 2.24) is 4.98 Å². The van der Waals surface area contributed by atoms with Gasteiger partial charge >= 0.3 is 5.97 Å². The molecule has 0 bridgehead atoms. The molecule has 0 aliphatic carbocycles. The van der Waals surface area contributed by atoms with E-state index in [4.69, 9.17) is 9.15 Å². The molecular weight excluding hydrogens is 472 g/mol. The molecule has 3 heterocycles. The maximum absolute atomic E-state index is 13.1. The fraction of sp³-hybridized carbons (Fsp3) is 0.120. The number of sulfonamides is 1. The molecule has 0 fully saturated rings. The molecule has 172 valence electrons. The first kappa shape index (κ1) is 22.1. The summed E-state index contributed by atoms with van der Waals surface area (Å²) >= 11 is 1.51. The second-order valence-corrected chi connectivity index (χ2v) is 10.4. The Hall–Kier alpha value is -3.69. The number of thiophene rings is 1. The first-order valence-corrected chi connectivity index (χ1v) is 12.9. The summed E-state index contributed by atoms with van der Waals surface area (Å²) in [4.78, 5) is 17.5. The van der Waals surface area contributed by atoms with Crippen LogP contribution in [0.2, 0.25) is 0 Å². The van der Waals surface area contributed by atoms with Gasteiger partial charge in [-0.2, -0.15) is 0 Å². The van der Waals surface area contributed by atoms with Crippen molar-refractivity contribution in [3.8, 4) is 10.8 Å². The Morgan fingerprint density at radius 2 is 1.94 bits per heavy atom. The van der Waals surface area contributed by atoms with Crippen molar-refractivity contribution >= 4 is 39.1 Å². The SMILES string of the molecule is O=C(/C=C\c1ccc(S(=O)(=O)N2CCc3ccccc32)cc1)OCc1coc(-c2cccs2)n1. The van der Waals surface area contributed by atoms with Crippen LogP contribution in [-0.2, 0) is 32.6 Å². The van der Waals surface area contributed by atoms with E-state index in [0.29, 0.717) is 30.1 Å². The van der Waals surface area contributed by atoms with E-state index in [1.54, 1.807) is 30.3 Å². The van der Waals surface area contributed by atoms with E-state index in [-0.39, 0.29) is 11.5 Å². The highest BCUT2D eigenvalue weighted by atomic mass is 32.2. The van der Waals surface area contributed by atoms with Crippen molar-refractivity contribution in [2.75, 3.05) is 10.8 Å². The molecule has 0 unspecified atom stereocenters. The van der Waals surface area contributed by atoms with Crippen LogP contribution >= 0.6 is 11.3 Å². The van der Waals surface area contributed by atoms with E-state index >= 15 is 0 Å². The number of aromatic nitrogens is 1. The third-order valence-corrected chi connectivity index (χ3v) is 8.06. The number of carbonyl (C=O) groups excluding carboxylic acids is 1. The van der Waals surface area contributed by atoms with Crippen LogP contribution in [0.15, 0.2) is 87.7 Å². The Balaban J connectivity index is 1.19. The van der Waals surface area contributed by atoms with Gasteiger partial charge < -0.3 is 9.15 Å². The van der Waals surface area contributed by atoms with Gasteiger partial charge in [0, 0.05) is 12.6 Å². The lowest BCUT2D eigenvalue weighted by atomic mass is 10.2. The number of carbonyl (C=O) groups is 1. The molecule has 2 aromatic carbocycles. The van der Waals surface area contributed by atoms with E-state index in [2.05, 4.69) is 4.98 Å². The first-order valence-electron chi connectivity index (χ1n) is 10.5. The third kappa shape index (κ3) is 4.52. The summed E-state index contributed by atoms with van der Waals surface area (Å²) < 4.78 is 38.2. The summed E-state index contributed by atoms with van der Waals surface area (Å²) in [6.07, 6.45) is 5.02. The molecule has 0 saturated heterocycles. The Kier molecular flexibility index (Phi) is 6.04. The van der Waals surface area contributed by atoms with Crippen molar-refractivity contribution < 1.29 is 22.4 Å². The molecule has 1 aliphatic heterocycles. The number of oxazole rings is 1. The van der Waals surface area contributed by atoms with Gasteiger partial charge in [0.05, 0.1) is 15.5 Å². The first-order chi connectivity index (χ1) is 16.5. The van der Waals surface area contributed by atoms with Gasteiger partial charge in [-0.15, -0.1) is 11.3 Å². The Bertz CT molecular complexity index is 1440. The topological polar surface area (TPSA) is 89.7 Å². The average Bonchev–Trinajstić information content (AvgIpc) is 3.62. The lowest BCUT2D eigenvalue weighted by Crippen LogP contribution is -2.29. The molecule has 0 N–H and O–H groups in total. The van der Waals surface area contributed by atoms with E-state index in [1.807, 2.05) is 41.8 Å². The second kappa shape index (κ2) is 9.28. The predicted molar refractivity (Wildman–Crippen MR) is 130 cm³/mol. The summed E-state index contributed by atoms with van der Waals surface area (Å²) in [5.41, 5.74) is 2.95. The summed E-state index contributed by atoms with van der Waals surface area (Å²) in [7, 11) is -3.65. The number of benzene rings is 2. The van der Waals surface area contributed by atoms with Crippen molar-refractivity contribution in [2.45, 2.75) is 17.9 Å². The number of ether oxygens (including phenoxy) is 1. The van der Waals surface area contributed by atoms with E-state index in [1.165, 1.54) is 28.0 Å². The molecule has 1 aliphatic rings. The minimum absolute atomic E-state index is 0.00740. The highest BCUT2D eigenvalue weighted by Gasteiger charge is 2.30. The number of rotatable bonds is 7. The number of hydrogen-bond acceptors (Lipinski definition) is 7. The standard InChI is InChI=1S/C25H20N2O5S2/c28-24(31-16-20-17-32-25(26-20)23-6-3-15-33-23)12-9-18-7-10-21(11-8-18)34(29,30)27-14-13-19-4-1-2-5-22(19)27/h1-12,15,17H,13-14,16H2/b12-9-. The number of anilines is 1. The molecular formula is C25H20N2O5S2. The normalized spacial score (nSPS) is 13.4. The molecule has 7 nitrogen and oxygen atoms in total. The summed E-state index contributed by atoms with van der Waals surface area (Å²) in [5.74, 6) is -0.0462. The fourth-order valence-electron chi connectivity index (χ4n) is 3.68. The Labute approximate surface area is 201 Å². The number of para-hydroxylation sites is 1. The van der Waals surface area contributed by atoms with Crippen LogP contribution in [0.3, 0.4) is 0 Å². The van der Waals surface area contributed by atoms with Gasteiger partial charge in [0.15, 0.2) is 0 Å². The van der Waals surface area contributed by atoms with Gasteiger partial charge in [-0.25, -0.2) is 18.2 Å². The van der Waals surface area contributed by atoms with Crippen LogP contribution in [0.4, 0.5) is 5.69 Å². The van der Waals surface area contributed by atoms with Crippen LogP contribution < -0.4 is 4.31 Å². The van der Waals surface area contributed by atoms with E-state index in [9.17, 15) is 13.2 Å². The van der Waals surface area contributed by atoms with Crippen molar-refractivity contribution in [3.63, 3.8) is 0 Å². The van der Waals surface area contributed by atoms with E-state index in [0.717, 1.165) is 16.1 Å². The summed E-state index contributed by atoms with van der Waals surface area (Å²) in [6.45, 7) is 0.419. The number of fused-ring (bicyclic) bond motifs is 1. The van der Waals surface area contributed by atoms with Crippen LogP contribution in [-0.4, -0.2) is 25.9 Å². The summed E-state index contributed by atoms with van der Waals surface area (Å²) in [5, 5.41) is 1.93. The molecule has 0 saturated carbocycles. The lowest BCUT2D eigenvalue weighted by Gasteiger charge is -2.19. The molecule has 2 aromatic heterocycles. The predicted octanol–water partition coefficient (Wildman–Crippen LogP) is 4.91. The van der Waals surface area contributed by atoms with Gasteiger partial charge in [0.25, 0.3) is 10.0 Å². The molecule has 0 spiro atoms. The van der Waals surface area contributed by atoms with Gasteiger partial charge in [-0.3, -0.25) is 4.31 Å². The van der Waals surface area contributed by atoms with Crippen molar-refractivity contribution in [3.05, 3.63) is 95.2 Å². The van der Waals surface area contributed by atoms with Crippen molar-refractivity contribution in [2.24, 2.45) is 0 Å². The average molecular weight is 493 g/mol. The zero-order valence-corrected chi connectivity index (χ0v) is 19.6. The van der Waals surface area contributed by atoms with Crippen LogP contribution in [0.1, 0.15) is 16.8 Å². The van der Waals surface area contributed by atoms with Crippen LogP contribution in [0, 0.1) is 0 Å². The molecule has 9 heteroatoms. The lowest BCUT2D eigenvalue weighted by molar-refractivity contribution is -0.139. The van der Waals surface area contributed by atoms with Gasteiger partial charge in [-0.05, 0) is 53.3 Å². The molecule has 0 amide bonds. The van der Waals surface area contributed by atoms with Crippen molar-refractivity contribution in [1.29, 1.82) is 0 Å². The summed E-state index contributed by atoms with van der Waals surface area (Å²) in [6, 6.07) is 17.7. The molecule has 34 heavy (non-hydrogen) atoms. The minimum atomic E-state index is -3.65. The van der Waals surface area contributed by atoms with Crippen LogP contribution in [0.5, 0.6) is 0 Å². The Morgan fingerprint density at radius 1 is 1.12 bits per heavy atom. The second-order valence-electron chi connectivity index (χ2n) is 7.59. The number of esters is 1. The fourth-order valence-corrected chi connectivity index (χ4v) is 5.84. The third-order valence-electron chi connectivity index (χ3n) is 5.37. The van der Waals surface area contributed by atoms with Gasteiger partial charge in [0.1, 0.15) is 18.6 Å². The maximum atomic E-state index is 13.1. The van der Waals surface area contributed by atoms with Gasteiger partial charge in [-0.1, -0.05) is 36.4 Å². The smallest absolute Gasteiger partial charge is 0.331 e. The molecule has 5 rings (SSSR count).